The number of H-pyrrole nitrogens is 1. The molecule has 45 heavy (non-hydrogen) atoms. The third kappa shape index (κ3) is 9.95. The zero-order valence-corrected chi connectivity index (χ0v) is 26.3. The molecule has 4 rings (SSSR count). The quantitative estimate of drug-likeness (QED) is 0.180. The Hall–Kier alpha value is -4.61. The van der Waals surface area contributed by atoms with Gasteiger partial charge in [-0.15, -0.1) is 0 Å². The maximum atomic E-state index is 13.0. The van der Waals surface area contributed by atoms with Crippen molar-refractivity contribution in [3.8, 4) is 11.5 Å². The number of aromatic nitrogens is 2. The van der Waals surface area contributed by atoms with Gasteiger partial charge in [-0.05, 0) is 67.1 Å². The molecule has 1 aromatic heterocycles. The summed E-state index contributed by atoms with van der Waals surface area (Å²) in [4.78, 5) is 52.3. The van der Waals surface area contributed by atoms with Crippen molar-refractivity contribution in [2.24, 2.45) is 11.8 Å². The molecule has 0 unspecified atom stereocenters. The molecule has 0 radical (unpaired) electrons. The number of hydrogen-bond acceptors (Lipinski definition) is 7. The van der Waals surface area contributed by atoms with Crippen LogP contribution in [0.15, 0.2) is 42.6 Å². The molecule has 12 nitrogen and oxygen atoms in total. The normalized spacial score (nSPS) is 13.9. The van der Waals surface area contributed by atoms with E-state index in [-0.39, 0.29) is 49.2 Å². The van der Waals surface area contributed by atoms with Crippen molar-refractivity contribution < 1.29 is 28.7 Å². The van der Waals surface area contributed by atoms with Crippen molar-refractivity contribution in [2.75, 3.05) is 46.4 Å². The summed E-state index contributed by atoms with van der Waals surface area (Å²) in [5.74, 6) is 0.243. The van der Waals surface area contributed by atoms with Gasteiger partial charge in [0.25, 0.3) is 5.91 Å². The van der Waals surface area contributed by atoms with Gasteiger partial charge in [-0.1, -0.05) is 26.7 Å². The molecule has 4 amide bonds. The van der Waals surface area contributed by atoms with Gasteiger partial charge in [-0.25, -0.2) is 0 Å². The predicted octanol–water partition coefficient (Wildman–Crippen LogP) is 2.83. The van der Waals surface area contributed by atoms with E-state index in [1.165, 1.54) is 4.90 Å². The first-order valence-corrected chi connectivity index (χ1v) is 15.6. The van der Waals surface area contributed by atoms with Crippen molar-refractivity contribution in [1.82, 2.24) is 31.0 Å². The van der Waals surface area contributed by atoms with Crippen LogP contribution in [0.25, 0.3) is 10.9 Å². The van der Waals surface area contributed by atoms with Crippen LogP contribution in [0.5, 0.6) is 11.5 Å². The second kappa shape index (κ2) is 16.5. The molecule has 0 spiro atoms. The van der Waals surface area contributed by atoms with Gasteiger partial charge in [0.15, 0.2) is 0 Å². The second-order valence-electron chi connectivity index (χ2n) is 11.8. The summed E-state index contributed by atoms with van der Waals surface area (Å²) in [6, 6.07) is 10.9. The van der Waals surface area contributed by atoms with Crippen LogP contribution in [0, 0.1) is 11.8 Å². The average molecular weight is 621 g/mol. The van der Waals surface area contributed by atoms with Gasteiger partial charge < -0.3 is 30.3 Å². The molecule has 12 heteroatoms. The largest absolute Gasteiger partial charge is 0.497 e. The summed E-state index contributed by atoms with van der Waals surface area (Å²) in [7, 11) is 1.59. The Kier molecular flexibility index (Phi) is 12.2. The maximum Gasteiger partial charge on any atom is 0.251 e. The van der Waals surface area contributed by atoms with Gasteiger partial charge in [0.05, 0.1) is 37.8 Å². The van der Waals surface area contributed by atoms with E-state index in [0.717, 1.165) is 47.9 Å². The van der Waals surface area contributed by atoms with Crippen LogP contribution in [0.1, 0.15) is 55.5 Å². The Bertz CT molecular complexity index is 1470. The Labute approximate surface area is 263 Å². The minimum absolute atomic E-state index is 0.0662. The highest BCUT2D eigenvalue weighted by Gasteiger charge is 2.27. The standard InChI is InChI=1S/C33H44N6O6/c1-22(2)19-39(31(41)18-36-33(43)26-15-24-16-27(44-3)9-11-29(24)45-21-26)20-30(40)34-12-6-4-5-7-13-35-32(42)23-8-10-28-25(14-23)17-37-38-28/h8-11,14,16-17,22,26H,4-7,12-13,15,18-21H2,1-3H3,(H,34,40)(H,35,42)(H,36,43)(H,37,38)/t26-/m1/s1. The summed E-state index contributed by atoms with van der Waals surface area (Å²) >= 11 is 0. The van der Waals surface area contributed by atoms with Crippen LogP contribution in [0.3, 0.4) is 0 Å². The molecule has 4 N–H and O–H groups in total. The van der Waals surface area contributed by atoms with Crippen LogP contribution < -0.4 is 25.4 Å². The van der Waals surface area contributed by atoms with E-state index in [1.807, 2.05) is 44.2 Å². The Morgan fingerprint density at radius 1 is 1.02 bits per heavy atom. The van der Waals surface area contributed by atoms with Crippen molar-refractivity contribution >= 4 is 34.5 Å². The number of ether oxygens (including phenoxy) is 2. The van der Waals surface area contributed by atoms with E-state index in [9.17, 15) is 19.2 Å². The maximum absolute atomic E-state index is 13.0. The van der Waals surface area contributed by atoms with Crippen LogP contribution in [0.2, 0.25) is 0 Å². The molecule has 0 saturated heterocycles. The number of nitrogens with zero attached hydrogens (tertiary/aromatic N) is 2. The molecule has 1 aliphatic heterocycles. The first kappa shape index (κ1) is 33.3. The molecule has 1 atom stereocenters. The lowest BCUT2D eigenvalue weighted by atomic mass is 9.96. The number of amides is 4. The number of benzene rings is 2. The number of aromatic amines is 1. The first-order valence-electron chi connectivity index (χ1n) is 15.6. The van der Waals surface area contributed by atoms with E-state index < -0.39 is 5.92 Å². The van der Waals surface area contributed by atoms with Crippen LogP contribution in [0.4, 0.5) is 0 Å². The molecule has 0 saturated carbocycles. The van der Waals surface area contributed by atoms with Gasteiger partial charge in [-0.3, -0.25) is 24.3 Å². The fraction of sp³-hybridized carbons (Fsp3) is 0.485. The Morgan fingerprint density at radius 3 is 2.56 bits per heavy atom. The lowest BCUT2D eigenvalue weighted by molar-refractivity contribution is -0.137. The number of nitrogens with one attached hydrogen (secondary N) is 4. The fourth-order valence-corrected chi connectivity index (χ4v) is 5.23. The molecule has 0 aliphatic carbocycles. The lowest BCUT2D eigenvalue weighted by Gasteiger charge is -2.26. The monoisotopic (exact) mass is 620 g/mol. The number of carbonyl (C=O) groups excluding carboxylic acids is 4. The molecule has 0 bridgehead atoms. The van der Waals surface area contributed by atoms with Gasteiger partial charge >= 0.3 is 0 Å². The summed E-state index contributed by atoms with van der Waals surface area (Å²) < 4.78 is 11.0. The van der Waals surface area contributed by atoms with Crippen molar-refractivity contribution in [2.45, 2.75) is 46.0 Å². The summed E-state index contributed by atoms with van der Waals surface area (Å²) in [6.45, 7) is 5.42. The number of carbonyl (C=O) groups is 4. The van der Waals surface area contributed by atoms with E-state index in [0.29, 0.717) is 37.4 Å². The SMILES string of the molecule is COc1ccc2c(c1)C[C@@H](C(=O)NCC(=O)N(CC(=O)NCCCCCCNC(=O)c1ccc3[nH]ncc3c1)CC(C)C)CO2. The third-order valence-electron chi connectivity index (χ3n) is 7.65. The van der Waals surface area contributed by atoms with Gasteiger partial charge in [0.1, 0.15) is 18.1 Å². The molecule has 242 valence electrons. The topological polar surface area (TPSA) is 155 Å². The number of fused-ring (bicyclic) bond motifs is 2. The zero-order chi connectivity index (χ0) is 32.2. The average Bonchev–Trinajstić information content (AvgIpc) is 3.51. The van der Waals surface area contributed by atoms with Crippen molar-refractivity contribution in [3.05, 3.63) is 53.7 Å². The Balaban J connectivity index is 1.10. The highest BCUT2D eigenvalue weighted by atomic mass is 16.5. The third-order valence-corrected chi connectivity index (χ3v) is 7.65. The van der Waals surface area contributed by atoms with E-state index in [2.05, 4.69) is 26.1 Å². The summed E-state index contributed by atoms with van der Waals surface area (Å²) in [5, 5.41) is 16.3. The number of rotatable bonds is 16. The fourth-order valence-electron chi connectivity index (χ4n) is 5.23. The van der Waals surface area contributed by atoms with Gasteiger partial charge in [0, 0.05) is 30.6 Å². The smallest absolute Gasteiger partial charge is 0.251 e. The van der Waals surface area contributed by atoms with Crippen LogP contribution in [-0.2, 0) is 20.8 Å². The van der Waals surface area contributed by atoms with E-state index >= 15 is 0 Å². The summed E-state index contributed by atoms with van der Waals surface area (Å²) in [5.41, 5.74) is 2.38. The number of unbranched alkanes of at least 4 members (excludes halogenated alkanes) is 3. The van der Waals surface area contributed by atoms with Crippen LogP contribution in [-0.4, -0.2) is 85.2 Å². The first-order chi connectivity index (χ1) is 21.7. The van der Waals surface area contributed by atoms with Gasteiger partial charge in [0.2, 0.25) is 17.7 Å². The molecular weight excluding hydrogens is 576 g/mol. The van der Waals surface area contributed by atoms with Crippen LogP contribution >= 0.6 is 0 Å². The number of methoxy groups -OCH3 is 1. The van der Waals surface area contributed by atoms with Crippen molar-refractivity contribution in [3.63, 3.8) is 0 Å². The molecule has 1 aliphatic rings. The molecule has 2 heterocycles. The van der Waals surface area contributed by atoms with E-state index in [1.54, 1.807) is 19.4 Å². The highest BCUT2D eigenvalue weighted by Crippen LogP contribution is 2.30. The molecule has 0 fully saturated rings. The highest BCUT2D eigenvalue weighted by molar-refractivity contribution is 5.97. The van der Waals surface area contributed by atoms with Gasteiger partial charge in [-0.2, -0.15) is 5.10 Å². The number of hydrogen-bond donors (Lipinski definition) is 4. The molecular formula is C33H44N6O6. The lowest BCUT2D eigenvalue weighted by Crippen LogP contribution is -2.48. The van der Waals surface area contributed by atoms with Crippen molar-refractivity contribution in [1.29, 1.82) is 0 Å². The van der Waals surface area contributed by atoms with E-state index in [4.69, 9.17) is 9.47 Å². The zero-order valence-electron chi connectivity index (χ0n) is 26.3. The molecule has 3 aromatic rings. The minimum atomic E-state index is -0.423. The minimum Gasteiger partial charge on any atom is -0.497 e. The Morgan fingerprint density at radius 2 is 1.80 bits per heavy atom. The predicted molar refractivity (Wildman–Crippen MR) is 170 cm³/mol. The second-order valence-corrected chi connectivity index (χ2v) is 11.8. The summed E-state index contributed by atoms with van der Waals surface area (Å²) in [6.07, 6.45) is 5.63. The molecule has 2 aromatic carbocycles.